The third-order valence-corrected chi connectivity index (χ3v) is 3.08. The molecule has 0 unspecified atom stereocenters. The van der Waals surface area contributed by atoms with E-state index in [-0.39, 0.29) is 0 Å². The summed E-state index contributed by atoms with van der Waals surface area (Å²) in [6, 6.07) is 0. The van der Waals surface area contributed by atoms with Crippen LogP contribution in [0.3, 0.4) is 0 Å². The molecule has 0 amide bonds. The highest BCUT2D eigenvalue weighted by Crippen LogP contribution is 1.96. The molecule has 0 aliphatic rings. The minimum atomic E-state index is 0.579. The van der Waals surface area contributed by atoms with Gasteiger partial charge in [-0.15, -0.1) is 5.10 Å². The molecule has 0 aliphatic carbocycles. The second-order valence-corrected chi connectivity index (χ2v) is 5.17. The molecule has 0 aliphatic heterocycles. The average molecular weight is 345 g/mol. The summed E-state index contributed by atoms with van der Waals surface area (Å²) in [6.45, 7) is 8.40. The minimum absolute atomic E-state index is 0.579. The number of hydrogen-bond acceptors (Lipinski definition) is 7. The second-order valence-electron chi connectivity index (χ2n) is 5.17. The molecule has 1 heterocycles. The van der Waals surface area contributed by atoms with Gasteiger partial charge in [-0.2, -0.15) is 0 Å². The van der Waals surface area contributed by atoms with E-state index >= 15 is 0 Å². The first-order chi connectivity index (χ1) is 11.9. The quantitative estimate of drug-likeness (QED) is 0.389. The van der Waals surface area contributed by atoms with Crippen LogP contribution in [0.5, 0.6) is 0 Å². The van der Waals surface area contributed by atoms with E-state index in [0.717, 1.165) is 25.1 Å². The van der Waals surface area contributed by atoms with Crippen molar-refractivity contribution in [2.24, 2.45) is 0 Å². The lowest BCUT2D eigenvalue weighted by molar-refractivity contribution is 0.0151. The van der Waals surface area contributed by atoms with Crippen LogP contribution in [0.25, 0.3) is 0 Å². The standard InChI is InChI=1S/C16H31N3O5/c1-3-6-21-11-13-24-14-12-22-7-4-16-15-19(18-17-16)5-8-23-10-9-20-2/h15H,3-14H2,1-2H3. The molecule has 1 aromatic rings. The molecule has 0 fully saturated rings. The van der Waals surface area contributed by atoms with E-state index in [4.69, 9.17) is 23.7 Å². The normalized spacial score (nSPS) is 11.2. The molecule has 0 aromatic carbocycles. The molecule has 0 radical (unpaired) electrons. The van der Waals surface area contributed by atoms with Crippen molar-refractivity contribution in [1.29, 1.82) is 0 Å². The van der Waals surface area contributed by atoms with Crippen LogP contribution in [0.4, 0.5) is 0 Å². The summed E-state index contributed by atoms with van der Waals surface area (Å²) in [6.07, 6.45) is 3.70. The van der Waals surface area contributed by atoms with Gasteiger partial charge in [-0.25, -0.2) is 4.68 Å². The van der Waals surface area contributed by atoms with E-state index in [1.54, 1.807) is 11.8 Å². The van der Waals surface area contributed by atoms with Crippen LogP contribution in [-0.2, 0) is 36.6 Å². The summed E-state index contributed by atoms with van der Waals surface area (Å²) >= 11 is 0. The third-order valence-electron chi connectivity index (χ3n) is 3.08. The van der Waals surface area contributed by atoms with E-state index in [9.17, 15) is 0 Å². The molecule has 0 saturated heterocycles. The monoisotopic (exact) mass is 345 g/mol. The first-order valence-corrected chi connectivity index (χ1v) is 8.55. The Balaban J connectivity index is 1.92. The fraction of sp³-hybridized carbons (Fsp3) is 0.875. The summed E-state index contributed by atoms with van der Waals surface area (Å²) in [5.74, 6) is 0. The molecule has 8 nitrogen and oxygen atoms in total. The Labute approximate surface area is 144 Å². The Hall–Kier alpha value is -1.06. The predicted octanol–water partition coefficient (Wildman–Crippen LogP) is 0.943. The molecule has 0 saturated carbocycles. The maximum atomic E-state index is 5.52. The van der Waals surface area contributed by atoms with Crippen LogP contribution < -0.4 is 0 Å². The SMILES string of the molecule is CCCOCCOCCOCCc1cn(CCOCCOC)nn1. The van der Waals surface area contributed by atoms with E-state index < -0.39 is 0 Å². The molecule has 1 rings (SSSR count). The van der Waals surface area contributed by atoms with E-state index in [0.29, 0.717) is 59.4 Å². The molecule has 140 valence electrons. The van der Waals surface area contributed by atoms with E-state index in [1.807, 2.05) is 6.20 Å². The van der Waals surface area contributed by atoms with Gasteiger partial charge in [0.2, 0.25) is 0 Å². The number of ether oxygens (including phenoxy) is 5. The van der Waals surface area contributed by atoms with Crippen molar-refractivity contribution in [3.05, 3.63) is 11.9 Å². The van der Waals surface area contributed by atoms with Gasteiger partial charge < -0.3 is 23.7 Å². The molecule has 0 spiro atoms. The lowest BCUT2D eigenvalue weighted by atomic mass is 10.3. The van der Waals surface area contributed by atoms with Crippen molar-refractivity contribution in [2.75, 3.05) is 66.6 Å². The van der Waals surface area contributed by atoms with Crippen molar-refractivity contribution in [3.8, 4) is 0 Å². The smallest absolute Gasteiger partial charge is 0.0850 e. The number of hydrogen-bond donors (Lipinski definition) is 0. The van der Waals surface area contributed by atoms with Crippen LogP contribution >= 0.6 is 0 Å². The van der Waals surface area contributed by atoms with Crippen molar-refractivity contribution in [3.63, 3.8) is 0 Å². The van der Waals surface area contributed by atoms with Crippen LogP contribution in [0, 0.1) is 0 Å². The summed E-state index contributed by atoms with van der Waals surface area (Å²) in [7, 11) is 1.66. The van der Waals surface area contributed by atoms with Crippen molar-refractivity contribution in [1.82, 2.24) is 15.0 Å². The summed E-state index contributed by atoms with van der Waals surface area (Å²) < 4.78 is 28.3. The molecule has 24 heavy (non-hydrogen) atoms. The van der Waals surface area contributed by atoms with Crippen molar-refractivity contribution < 1.29 is 23.7 Å². The van der Waals surface area contributed by atoms with Gasteiger partial charge in [-0.1, -0.05) is 12.1 Å². The Morgan fingerprint density at radius 1 is 0.833 bits per heavy atom. The van der Waals surface area contributed by atoms with Crippen LogP contribution in [-0.4, -0.2) is 81.6 Å². The first kappa shape index (κ1) is 21.0. The predicted molar refractivity (Wildman–Crippen MR) is 89.2 cm³/mol. The molecular formula is C16H31N3O5. The number of methoxy groups -OCH3 is 1. The Morgan fingerprint density at radius 2 is 1.46 bits per heavy atom. The third kappa shape index (κ3) is 11.5. The fourth-order valence-electron chi connectivity index (χ4n) is 1.83. The van der Waals surface area contributed by atoms with Crippen LogP contribution in [0.1, 0.15) is 19.0 Å². The van der Waals surface area contributed by atoms with Crippen molar-refractivity contribution in [2.45, 2.75) is 26.3 Å². The van der Waals surface area contributed by atoms with Gasteiger partial charge in [0.05, 0.1) is 65.1 Å². The largest absolute Gasteiger partial charge is 0.382 e. The summed E-state index contributed by atoms with van der Waals surface area (Å²) in [5, 5.41) is 8.17. The number of aromatic nitrogens is 3. The van der Waals surface area contributed by atoms with Crippen LogP contribution in [0.2, 0.25) is 0 Å². The van der Waals surface area contributed by atoms with Gasteiger partial charge in [0.15, 0.2) is 0 Å². The highest BCUT2D eigenvalue weighted by molar-refractivity contribution is 4.92. The van der Waals surface area contributed by atoms with Gasteiger partial charge in [0.25, 0.3) is 0 Å². The fourth-order valence-corrected chi connectivity index (χ4v) is 1.83. The topological polar surface area (TPSA) is 76.9 Å². The highest BCUT2D eigenvalue weighted by atomic mass is 16.5. The zero-order chi connectivity index (χ0) is 17.3. The number of rotatable bonds is 17. The van der Waals surface area contributed by atoms with Crippen LogP contribution in [0.15, 0.2) is 6.20 Å². The maximum absolute atomic E-state index is 5.52. The van der Waals surface area contributed by atoms with Gasteiger partial charge in [0.1, 0.15) is 0 Å². The number of nitrogens with zero attached hydrogens (tertiary/aromatic N) is 3. The second kappa shape index (κ2) is 15.5. The van der Waals surface area contributed by atoms with Crippen molar-refractivity contribution >= 4 is 0 Å². The molecule has 0 N–H and O–H groups in total. The summed E-state index contributed by atoms with van der Waals surface area (Å²) in [4.78, 5) is 0. The lowest BCUT2D eigenvalue weighted by Crippen LogP contribution is -2.10. The molecule has 0 bridgehead atoms. The highest BCUT2D eigenvalue weighted by Gasteiger charge is 2.01. The zero-order valence-electron chi connectivity index (χ0n) is 14.9. The van der Waals surface area contributed by atoms with Gasteiger partial charge >= 0.3 is 0 Å². The Morgan fingerprint density at radius 3 is 2.17 bits per heavy atom. The Kier molecular flexibility index (Phi) is 13.5. The van der Waals surface area contributed by atoms with Gasteiger partial charge in [-0.05, 0) is 6.42 Å². The molecule has 1 aromatic heterocycles. The van der Waals surface area contributed by atoms with Gasteiger partial charge in [0, 0.05) is 26.3 Å². The summed E-state index contributed by atoms with van der Waals surface area (Å²) in [5.41, 5.74) is 0.917. The van der Waals surface area contributed by atoms with Gasteiger partial charge in [-0.3, -0.25) is 0 Å². The minimum Gasteiger partial charge on any atom is -0.382 e. The van der Waals surface area contributed by atoms with E-state index in [1.165, 1.54) is 0 Å². The molecule has 8 heteroatoms. The maximum Gasteiger partial charge on any atom is 0.0850 e. The average Bonchev–Trinajstić information content (AvgIpc) is 3.04. The Bertz CT molecular complexity index is 390. The molecular weight excluding hydrogens is 314 g/mol. The molecule has 0 atom stereocenters. The zero-order valence-corrected chi connectivity index (χ0v) is 14.9. The van der Waals surface area contributed by atoms with E-state index in [2.05, 4.69) is 17.2 Å². The first-order valence-electron chi connectivity index (χ1n) is 8.55. The lowest BCUT2D eigenvalue weighted by Gasteiger charge is -2.05.